The van der Waals surface area contributed by atoms with E-state index in [2.05, 4.69) is 15.5 Å². The average molecular weight is 323 g/mol. The first-order chi connectivity index (χ1) is 9.88. The summed E-state index contributed by atoms with van der Waals surface area (Å²) in [4.78, 5) is 11.7. The second kappa shape index (κ2) is 6.54. The molecule has 1 saturated carbocycles. The molecule has 0 bridgehead atoms. The number of nitrogen functional groups attached to an aromatic ring is 1. The van der Waals surface area contributed by atoms with Gasteiger partial charge in [-0.25, -0.2) is 4.68 Å². The van der Waals surface area contributed by atoms with Crippen LogP contribution >= 0.6 is 11.8 Å². The van der Waals surface area contributed by atoms with Gasteiger partial charge in [-0.05, 0) is 12.8 Å². The molecule has 3 N–H and O–H groups in total. The Labute approximate surface area is 123 Å². The molecule has 1 fully saturated rings. The molecular weight excluding hydrogens is 307 g/mol. The third kappa shape index (κ3) is 4.26. The van der Waals surface area contributed by atoms with E-state index < -0.39 is 12.0 Å². The molecular formula is C11H16F3N5OS. The van der Waals surface area contributed by atoms with Gasteiger partial charge >= 0.3 is 6.18 Å². The van der Waals surface area contributed by atoms with Gasteiger partial charge in [0.1, 0.15) is 0 Å². The molecule has 1 aromatic rings. The summed E-state index contributed by atoms with van der Waals surface area (Å²) in [6, 6.07) is 0.160. The Bertz CT molecular complexity index is 499. The standard InChI is InChI=1S/C11H16F3N5OS/c12-11(13,14)9-17-18-10(19(9)15)21-6-8(20)16-7-4-2-1-3-5-7/h7H,1-6,15H2,(H,16,20). The topological polar surface area (TPSA) is 85.8 Å². The lowest BCUT2D eigenvalue weighted by atomic mass is 9.95. The van der Waals surface area contributed by atoms with E-state index in [0.717, 1.165) is 37.4 Å². The molecule has 6 nitrogen and oxygen atoms in total. The number of aromatic nitrogens is 3. The molecule has 21 heavy (non-hydrogen) atoms. The molecule has 118 valence electrons. The van der Waals surface area contributed by atoms with Crippen molar-refractivity contribution >= 4 is 17.7 Å². The molecule has 0 saturated heterocycles. The van der Waals surface area contributed by atoms with Crippen molar-refractivity contribution in [1.29, 1.82) is 0 Å². The summed E-state index contributed by atoms with van der Waals surface area (Å²) in [5.41, 5.74) is 0. The Morgan fingerprint density at radius 3 is 2.57 bits per heavy atom. The number of carbonyl (C=O) groups excluding carboxylic acids is 1. The quantitative estimate of drug-likeness (QED) is 0.648. The van der Waals surface area contributed by atoms with Gasteiger partial charge in [-0.1, -0.05) is 31.0 Å². The monoisotopic (exact) mass is 323 g/mol. The van der Waals surface area contributed by atoms with Gasteiger partial charge in [-0.3, -0.25) is 4.79 Å². The maximum absolute atomic E-state index is 12.5. The van der Waals surface area contributed by atoms with Crippen LogP contribution in [0, 0.1) is 0 Å². The minimum atomic E-state index is -4.66. The van der Waals surface area contributed by atoms with Gasteiger partial charge in [0.15, 0.2) is 0 Å². The Morgan fingerprint density at radius 1 is 1.33 bits per heavy atom. The van der Waals surface area contributed by atoms with Crippen molar-refractivity contribution in [2.24, 2.45) is 0 Å². The summed E-state index contributed by atoms with van der Waals surface area (Å²) in [5.74, 6) is 3.73. The van der Waals surface area contributed by atoms with Crippen molar-refractivity contribution in [3.05, 3.63) is 5.82 Å². The number of halogens is 3. The summed E-state index contributed by atoms with van der Waals surface area (Å²) in [5, 5.41) is 9.07. The van der Waals surface area contributed by atoms with Crippen LogP contribution in [0.4, 0.5) is 13.2 Å². The van der Waals surface area contributed by atoms with Crippen molar-refractivity contribution < 1.29 is 18.0 Å². The maximum atomic E-state index is 12.5. The SMILES string of the molecule is Nn1c(SCC(=O)NC2CCCCC2)nnc1C(F)(F)F. The molecule has 1 aromatic heterocycles. The molecule has 1 aliphatic carbocycles. The lowest BCUT2D eigenvalue weighted by Crippen LogP contribution is -2.37. The smallest absolute Gasteiger partial charge is 0.353 e. The summed E-state index contributed by atoms with van der Waals surface area (Å²) in [7, 11) is 0. The lowest BCUT2D eigenvalue weighted by Gasteiger charge is -2.22. The number of nitrogens with zero attached hydrogens (tertiary/aromatic N) is 3. The Kier molecular flexibility index (Phi) is 4.96. The van der Waals surface area contributed by atoms with Crippen LogP contribution in [0.1, 0.15) is 37.9 Å². The number of alkyl halides is 3. The van der Waals surface area contributed by atoms with E-state index in [-0.39, 0.29) is 22.9 Å². The predicted molar refractivity (Wildman–Crippen MR) is 70.9 cm³/mol. The minimum Gasteiger partial charge on any atom is -0.353 e. The Balaban J connectivity index is 1.85. The number of nitrogens with one attached hydrogen (secondary N) is 1. The van der Waals surface area contributed by atoms with Crippen LogP contribution in [-0.2, 0) is 11.0 Å². The van der Waals surface area contributed by atoms with Gasteiger partial charge in [0.2, 0.25) is 11.1 Å². The lowest BCUT2D eigenvalue weighted by molar-refractivity contribution is -0.146. The third-order valence-corrected chi connectivity index (χ3v) is 4.16. The minimum absolute atomic E-state index is 0.0380. The summed E-state index contributed by atoms with van der Waals surface area (Å²) >= 11 is 0.833. The van der Waals surface area contributed by atoms with Crippen LogP contribution in [0.2, 0.25) is 0 Å². The number of hydrogen-bond acceptors (Lipinski definition) is 5. The fraction of sp³-hybridized carbons (Fsp3) is 0.727. The van der Waals surface area contributed by atoms with Crippen molar-refractivity contribution in [1.82, 2.24) is 20.2 Å². The van der Waals surface area contributed by atoms with E-state index >= 15 is 0 Å². The van der Waals surface area contributed by atoms with Crippen LogP contribution in [0.25, 0.3) is 0 Å². The highest BCUT2D eigenvalue weighted by atomic mass is 32.2. The average Bonchev–Trinajstić information content (AvgIpc) is 2.79. The first kappa shape index (κ1) is 15.9. The fourth-order valence-electron chi connectivity index (χ4n) is 2.22. The van der Waals surface area contributed by atoms with Gasteiger partial charge in [0, 0.05) is 6.04 Å². The number of nitrogens with two attached hydrogens (primary N) is 1. The van der Waals surface area contributed by atoms with Crippen molar-refractivity contribution in [3.63, 3.8) is 0 Å². The molecule has 1 amide bonds. The van der Waals surface area contributed by atoms with Gasteiger partial charge in [0.05, 0.1) is 5.75 Å². The van der Waals surface area contributed by atoms with Crippen molar-refractivity contribution in [2.45, 2.75) is 49.5 Å². The van der Waals surface area contributed by atoms with Gasteiger partial charge in [0.25, 0.3) is 5.82 Å². The first-order valence-electron chi connectivity index (χ1n) is 6.58. The largest absolute Gasteiger partial charge is 0.453 e. The predicted octanol–water partition coefficient (Wildman–Crippen LogP) is 1.55. The van der Waals surface area contributed by atoms with E-state index in [9.17, 15) is 18.0 Å². The molecule has 1 heterocycles. The maximum Gasteiger partial charge on any atom is 0.453 e. The molecule has 0 spiro atoms. The van der Waals surface area contributed by atoms with E-state index in [0.29, 0.717) is 4.68 Å². The number of rotatable bonds is 4. The summed E-state index contributed by atoms with van der Waals surface area (Å²) in [6.45, 7) is 0. The Morgan fingerprint density at radius 2 is 2.00 bits per heavy atom. The summed E-state index contributed by atoms with van der Waals surface area (Å²) < 4.78 is 37.8. The normalized spacial score (nSPS) is 16.9. The van der Waals surface area contributed by atoms with Crippen LogP contribution in [0.3, 0.4) is 0 Å². The van der Waals surface area contributed by atoms with Gasteiger partial charge < -0.3 is 11.2 Å². The molecule has 0 aliphatic heterocycles. The second-order valence-corrected chi connectivity index (χ2v) is 5.81. The number of hydrogen-bond donors (Lipinski definition) is 2. The van der Waals surface area contributed by atoms with E-state index in [1.54, 1.807) is 0 Å². The Hall–Kier alpha value is -1.45. The van der Waals surface area contributed by atoms with Crippen molar-refractivity contribution in [3.8, 4) is 0 Å². The van der Waals surface area contributed by atoms with E-state index in [4.69, 9.17) is 5.84 Å². The molecule has 10 heteroatoms. The fourth-order valence-corrected chi connectivity index (χ4v) is 2.88. The molecule has 0 unspecified atom stereocenters. The highest BCUT2D eigenvalue weighted by Gasteiger charge is 2.38. The number of carbonyl (C=O) groups is 1. The molecule has 0 radical (unpaired) electrons. The van der Waals surface area contributed by atoms with Crippen LogP contribution in [0.15, 0.2) is 5.16 Å². The highest BCUT2D eigenvalue weighted by Crippen LogP contribution is 2.28. The highest BCUT2D eigenvalue weighted by molar-refractivity contribution is 7.99. The second-order valence-electron chi connectivity index (χ2n) is 4.87. The molecule has 0 aromatic carbocycles. The van der Waals surface area contributed by atoms with Crippen LogP contribution in [-0.4, -0.2) is 32.6 Å². The van der Waals surface area contributed by atoms with E-state index in [1.165, 1.54) is 6.42 Å². The molecule has 1 aliphatic rings. The van der Waals surface area contributed by atoms with E-state index in [1.807, 2.05) is 0 Å². The summed E-state index contributed by atoms with van der Waals surface area (Å²) in [6.07, 6.45) is 0.584. The van der Waals surface area contributed by atoms with Gasteiger partial charge in [-0.15, -0.1) is 10.2 Å². The molecule has 0 atom stereocenters. The molecule has 2 rings (SSSR count). The van der Waals surface area contributed by atoms with Crippen LogP contribution in [0.5, 0.6) is 0 Å². The first-order valence-corrected chi connectivity index (χ1v) is 7.56. The zero-order chi connectivity index (χ0) is 15.5. The van der Waals surface area contributed by atoms with Gasteiger partial charge in [-0.2, -0.15) is 13.2 Å². The zero-order valence-corrected chi connectivity index (χ0v) is 12.0. The van der Waals surface area contributed by atoms with Crippen molar-refractivity contribution in [2.75, 3.05) is 11.6 Å². The zero-order valence-electron chi connectivity index (χ0n) is 11.2. The third-order valence-electron chi connectivity index (χ3n) is 3.22. The number of amides is 1. The van der Waals surface area contributed by atoms with Crippen LogP contribution < -0.4 is 11.2 Å². The number of thioether (sulfide) groups is 1.